The Morgan fingerprint density at radius 1 is 1.18 bits per heavy atom. The van der Waals surface area contributed by atoms with Crippen LogP contribution in [0.3, 0.4) is 0 Å². The van der Waals surface area contributed by atoms with Crippen molar-refractivity contribution < 1.29 is 22.7 Å². The number of imidazole rings is 1. The molecule has 7 nitrogen and oxygen atoms in total. The van der Waals surface area contributed by atoms with Gasteiger partial charge in [0.2, 0.25) is 0 Å². The third-order valence-electron chi connectivity index (χ3n) is 6.76. The maximum atomic E-state index is 12.8. The Morgan fingerprint density at radius 2 is 1.97 bits per heavy atom. The topological polar surface area (TPSA) is 80.2 Å². The largest absolute Gasteiger partial charge is 0.495 e. The lowest BCUT2D eigenvalue weighted by atomic mass is 9.94. The van der Waals surface area contributed by atoms with Crippen LogP contribution in [0.25, 0.3) is 11.0 Å². The van der Waals surface area contributed by atoms with E-state index in [1.807, 2.05) is 54.0 Å². The van der Waals surface area contributed by atoms with Gasteiger partial charge in [0.15, 0.2) is 0 Å². The third-order valence-corrected chi connectivity index (χ3v) is 6.76. The average Bonchev–Trinajstić information content (AvgIpc) is 3.58. The van der Waals surface area contributed by atoms with E-state index in [1.54, 1.807) is 19.5 Å². The standard InChI is InChI=1S/C28H30F3N5O2/c1-17-13-20(9-10-21(17)27(37)35-18-7-8-18)36-16-33-26-23(32-12-11-28(29,30)31)14-19(15-24(26)36)34-22-5-3-4-6-25(22)38-2/h3-6,9-10,14-16,18,20,32,34H,7-8,11-13H2,1-2H3,(H,35,37). The first-order chi connectivity index (χ1) is 18.2. The highest BCUT2D eigenvalue weighted by atomic mass is 19.4. The zero-order chi connectivity index (χ0) is 26.9. The second-order valence-electron chi connectivity index (χ2n) is 9.73. The van der Waals surface area contributed by atoms with Crippen LogP contribution in [0.15, 0.2) is 66.0 Å². The predicted molar refractivity (Wildman–Crippen MR) is 142 cm³/mol. The van der Waals surface area contributed by atoms with Crippen LogP contribution in [0, 0.1) is 0 Å². The van der Waals surface area contributed by atoms with Crippen LogP contribution in [0.5, 0.6) is 5.75 Å². The number of nitrogens with zero attached hydrogens (tertiary/aromatic N) is 2. The number of allylic oxidation sites excluding steroid dienone is 2. The zero-order valence-corrected chi connectivity index (χ0v) is 21.2. The summed E-state index contributed by atoms with van der Waals surface area (Å²) < 4.78 is 46.0. The number of anilines is 3. The van der Waals surface area contributed by atoms with Crippen LogP contribution < -0.4 is 20.7 Å². The van der Waals surface area contributed by atoms with Gasteiger partial charge in [-0.3, -0.25) is 4.79 Å². The number of rotatable bonds is 9. The minimum Gasteiger partial charge on any atom is -0.495 e. The molecule has 1 heterocycles. The Labute approximate surface area is 218 Å². The first-order valence-corrected chi connectivity index (χ1v) is 12.6. The monoisotopic (exact) mass is 525 g/mol. The van der Waals surface area contributed by atoms with E-state index in [0.717, 1.165) is 29.6 Å². The number of ether oxygens (including phenoxy) is 1. The van der Waals surface area contributed by atoms with E-state index in [1.165, 1.54) is 0 Å². The van der Waals surface area contributed by atoms with Crippen molar-refractivity contribution in [2.75, 3.05) is 24.3 Å². The summed E-state index contributed by atoms with van der Waals surface area (Å²) in [6, 6.07) is 11.3. The van der Waals surface area contributed by atoms with Gasteiger partial charge in [0, 0.05) is 23.8 Å². The van der Waals surface area contributed by atoms with Gasteiger partial charge in [-0.1, -0.05) is 29.9 Å². The van der Waals surface area contributed by atoms with Crippen LogP contribution in [-0.4, -0.2) is 41.3 Å². The number of hydrogen-bond acceptors (Lipinski definition) is 5. The van der Waals surface area contributed by atoms with Gasteiger partial charge in [-0.2, -0.15) is 13.2 Å². The Morgan fingerprint density at radius 3 is 2.68 bits per heavy atom. The van der Waals surface area contributed by atoms with E-state index in [-0.39, 0.29) is 24.5 Å². The molecule has 38 heavy (non-hydrogen) atoms. The van der Waals surface area contributed by atoms with Gasteiger partial charge >= 0.3 is 6.18 Å². The van der Waals surface area contributed by atoms with Crippen molar-refractivity contribution in [2.45, 2.75) is 50.9 Å². The fraction of sp³-hybridized carbons (Fsp3) is 0.357. The SMILES string of the molecule is COc1ccccc1Nc1cc(NCCC(F)(F)F)c2ncn(C3C=CC(C(=O)NC4CC4)=C(C)C3)c2c1. The summed E-state index contributed by atoms with van der Waals surface area (Å²) >= 11 is 0. The average molecular weight is 526 g/mol. The second-order valence-corrected chi connectivity index (χ2v) is 9.73. The molecule has 1 amide bonds. The Bertz CT molecular complexity index is 1410. The third kappa shape index (κ3) is 5.79. The van der Waals surface area contributed by atoms with E-state index in [0.29, 0.717) is 34.6 Å². The molecule has 1 aromatic heterocycles. The van der Waals surface area contributed by atoms with Gasteiger partial charge in [-0.15, -0.1) is 0 Å². The molecule has 2 aliphatic rings. The van der Waals surface area contributed by atoms with E-state index in [4.69, 9.17) is 4.74 Å². The minimum atomic E-state index is -4.26. The van der Waals surface area contributed by atoms with Crippen LogP contribution >= 0.6 is 0 Å². The fourth-order valence-corrected chi connectivity index (χ4v) is 4.64. The molecular weight excluding hydrogens is 495 g/mol. The number of methoxy groups -OCH3 is 1. The first kappa shape index (κ1) is 25.7. The van der Waals surface area contributed by atoms with Gasteiger partial charge in [0.05, 0.1) is 42.8 Å². The van der Waals surface area contributed by atoms with Gasteiger partial charge in [-0.05, 0) is 50.5 Å². The van der Waals surface area contributed by atoms with Crippen LogP contribution in [-0.2, 0) is 4.79 Å². The van der Waals surface area contributed by atoms with Crippen LogP contribution in [0.1, 0.15) is 38.6 Å². The molecule has 0 bridgehead atoms. The maximum absolute atomic E-state index is 12.8. The molecule has 0 aliphatic heterocycles. The normalized spacial score (nSPS) is 17.6. The lowest BCUT2D eigenvalue weighted by Gasteiger charge is -2.22. The number of carbonyl (C=O) groups is 1. The summed E-state index contributed by atoms with van der Waals surface area (Å²) in [5.74, 6) is 0.593. The Hall–Kier alpha value is -3.95. The van der Waals surface area contributed by atoms with E-state index in [9.17, 15) is 18.0 Å². The number of nitrogens with one attached hydrogen (secondary N) is 3. The van der Waals surface area contributed by atoms with E-state index in [2.05, 4.69) is 20.9 Å². The number of para-hydroxylation sites is 2. The number of aromatic nitrogens is 2. The fourth-order valence-electron chi connectivity index (χ4n) is 4.64. The minimum absolute atomic E-state index is 0.0466. The highest BCUT2D eigenvalue weighted by Gasteiger charge is 2.28. The van der Waals surface area contributed by atoms with Crippen molar-refractivity contribution in [3.05, 3.63) is 66.0 Å². The molecule has 0 spiro atoms. The molecule has 1 atom stereocenters. The van der Waals surface area contributed by atoms with Crippen molar-refractivity contribution >= 4 is 34.0 Å². The van der Waals surface area contributed by atoms with Gasteiger partial charge in [0.1, 0.15) is 11.3 Å². The highest BCUT2D eigenvalue weighted by Crippen LogP contribution is 2.36. The van der Waals surface area contributed by atoms with Crippen LogP contribution in [0.4, 0.5) is 30.2 Å². The highest BCUT2D eigenvalue weighted by molar-refractivity contribution is 5.97. The zero-order valence-electron chi connectivity index (χ0n) is 21.2. The molecule has 0 saturated heterocycles. The molecule has 3 N–H and O–H groups in total. The summed E-state index contributed by atoms with van der Waals surface area (Å²) in [5, 5.41) is 9.29. The Balaban J connectivity index is 1.46. The number of fused-ring (bicyclic) bond motifs is 1. The number of amides is 1. The van der Waals surface area contributed by atoms with Gasteiger partial charge in [-0.25, -0.2) is 4.98 Å². The molecule has 1 fully saturated rings. The predicted octanol–water partition coefficient (Wildman–Crippen LogP) is 6.25. The number of halogens is 3. The van der Waals surface area contributed by atoms with E-state index < -0.39 is 12.6 Å². The number of benzene rings is 2. The lowest BCUT2D eigenvalue weighted by molar-refractivity contribution is -0.131. The summed E-state index contributed by atoms with van der Waals surface area (Å²) in [4.78, 5) is 17.2. The van der Waals surface area contributed by atoms with Crippen molar-refractivity contribution in [2.24, 2.45) is 0 Å². The summed E-state index contributed by atoms with van der Waals surface area (Å²) in [7, 11) is 1.58. The number of alkyl halides is 3. The molecule has 0 radical (unpaired) electrons. The molecule has 2 aromatic carbocycles. The van der Waals surface area contributed by atoms with Crippen molar-refractivity contribution in [1.82, 2.24) is 14.9 Å². The summed E-state index contributed by atoms with van der Waals surface area (Å²) in [5.41, 5.74) is 4.89. The first-order valence-electron chi connectivity index (χ1n) is 12.6. The molecular formula is C28H30F3N5O2. The Kier molecular flexibility index (Phi) is 7.05. The molecule has 10 heteroatoms. The smallest absolute Gasteiger partial charge is 0.390 e. The quantitative estimate of drug-likeness (QED) is 0.308. The van der Waals surface area contributed by atoms with Crippen molar-refractivity contribution in [3.8, 4) is 5.75 Å². The molecule has 5 rings (SSSR count). The lowest BCUT2D eigenvalue weighted by Crippen LogP contribution is -2.28. The number of hydrogen-bond donors (Lipinski definition) is 3. The van der Waals surface area contributed by atoms with Crippen LogP contribution in [0.2, 0.25) is 0 Å². The molecule has 2 aliphatic carbocycles. The van der Waals surface area contributed by atoms with Crippen molar-refractivity contribution in [3.63, 3.8) is 0 Å². The summed E-state index contributed by atoms with van der Waals surface area (Å²) in [6.07, 6.45) is 2.98. The van der Waals surface area contributed by atoms with Gasteiger partial charge < -0.3 is 25.3 Å². The maximum Gasteiger partial charge on any atom is 0.390 e. The number of carbonyl (C=O) groups excluding carboxylic acids is 1. The van der Waals surface area contributed by atoms with Gasteiger partial charge in [0.25, 0.3) is 5.91 Å². The van der Waals surface area contributed by atoms with Crippen molar-refractivity contribution in [1.29, 1.82) is 0 Å². The second kappa shape index (κ2) is 10.4. The molecule has 200 valence electrons. The molecule has 3 aromatic rings. The molecule has 1 saturated carbocycles. The summed E-state index contributed by atoms with van der Waals surface area (Å²) in [6.45, 7) is 1.68. The van der Waals surface area contributed by atoms with E-state index >= 15 is 0 Å². The molecule has 1 unspecified atom stereocenters.